The third-order valence-electron chi connectivity index (χ3n) is 2.82. The number of hydrogen-bond donors (Lipinski definition) is 1. The molecule has 0 rings (SSSR count). The molecule has 0 heterocycles. The lowest BCUT2D eigenvalue weighted by Crippen LogP contribution is -2.55. The van der Waals surface area contributed by atoms with Gasteiger partial charge in [0.15, 0.2) is 0 Å². The summed E-state index contributed by atoms with van der Waals surface area (Å²) in [6.07, 6.45) is 1.25. The van der Waals surface area contributed by atoms with Crippen LogP contribution in [0.15, 0.2) is 0 Å². The van der Waals surface area contributed by atoms with Crippen LogP contribution >= 0.6 is 0 Å². The van der Waals surface area contributed by atoms with Crippen LogP contribution in [0.3, 0.4) is 0 Å². The Morgan fingerprint density at radius 3 is 2.41 bits per heavy atom. The van der Waals surface area contributed by atoms with E-state index in [-0.39, 0.29) is 11.8 Å². The number of likely N-dealkylation sites (N-methyl/N-ethyl adjacent to an activating group) is 1. The number of methoxy groups -OCH3 is 1. The minimum Gasteiger partial charge on any atom is -0.383 e. The number of nitrogens with zero attached hydrogens (tertiary/aromatic N) is 1. The van der Waals surface area contributed by atoms with Crippen LogP contribution in [0.1, 0.15) is 33.6 Å². The third kappa shape index (κ3) is 4.73. The van der Waals surface area contributed by atoms with Crippen LogP contribution in [0.2, 0.25) is 0 Å². The largest absolute Gasteiger partial charge is 0.383 e. The second-order valence-electron chi connectivity index (χ2n) is 4.51. The quantitative estimate of drug-likeness (QED) is 0.673. The molecule has 5 nitrogen and oxygen atoms in total. The number of nitrogens with one attached hydrogen (secondary N) is 1. The molecule has 0 aromatic heterocycles. The zero-order valence-electron chi connectivity index (χ0n) is 11.5. The van der Waals surface area contributed by atoms with Crippen molar-refractivity contribution in [2.75, 3.05) is 27.3 Å². The Kier molecular flexibility index (Phi) is 6.80. The van der Waals surface area contributed by atoms with Crippen molar-refractivity contribution < 1.29 is 14.3 Å². The Labute approximate surface area is 103 Å². The van der Waals surface area contributed by atoms with Crippen molar-refractivity contribution in [1.29, 1.82) is 0 Å². The number of hydrogen-bond acceptors (Lipinski definition) is 3. The molecule has 0 fully saturated rings. The first-order valence-corrected chi connectivity index (χ1v) is 5.91. The highest BCUT2D eigenvalue weighted by atomic mass is 16.5. The predicted octanol–water partition coefficient (Wildman–Crippen LogP) is 0.786. The average Bonchev–Trinajstić information content (AvgIpc) is 2.28. The Morgan fingerprint density at radius 2 is 1.94 bits per heavy atom. The molecular weight excluding hydrogens is 220 g/mol. The maximum absolute atomic E-state index is 11.9. The molecule has 0 saturated heterocycles. The lowest BCUT2D eigenvalue weighted by Gasteiger charge is -2.34. The molecule has 0 radical (unpaired) electrons. The fourth-order valence-corrected chi connectivity index (χ4v) is 1.33. The molecule has 1 N–H and O–H groups in total. The summed E-state index contributed by atoms with van der Waals surface area (Å²) in [5.74, 6) is -0.180. The zero-order chi connectivity index (χ0) is 13.5. The van der Waals surface area contributed by atoms with E-state index in [4.69, 9.17) is 4.74 Å². The molecular formula is C12H24N2O3. The van der Waals surface area contributed by atoms with E-state index in [2.05, 4.69) is 5.32 Å². The average molecular weight is 244 g/mol. The van der Waals surface area contributed by atoms with E-state index in [0.29, 0.717) is 19.6 Å². The Balaban J connectivity index is 4.42. The fourth-order valence-electron chi connectivity index (χ4n) is 1.33. The van der Waals surface area contributed by atoms with Crippen LogP contribution < -0.4 is 5.32 Å². The fraction of sp³-hybridized carbons (Fsp3) is 0.833. The molecule has 0 aromatic carbocycles. The highest BCUT2D eigenvalue weighted by Gasteiger charge is 2.34. The first-order chi connectivity index (χ1) is 7.87. The van der Waals surface area contributed by atoms with Gasteiger partial charge in [0.05, 0.1) is 6.61 Å². The minimum absolute atomic E-state index is 0.0145. The SMILES string of the molecule is CCCC(=O)N(C)C(C)(C)C(=O)NCCOC. The number of carbonyl (C=O) groups is 2. The van der Waals surface area contributed by atoms with Gasteiger partial charge in [0, 0.05) is 27.1 Å². The van der Waals surface area contributed by atoms with Gasteiger partial charge in [0.1, 0.15) is 5.54 Å². The molecule has 100 valence electrons. The predicted molar refractivity (Wildman–Crippen MR) is 66.6 cm³/mol. The Bertz CT molecular complexity index is 264. The van der Waals surface area contributed by atoms with E-state index in [0.717, 1.165) is 6.42 Å². The molecule has 5 heteroatoms. The van der Waals surface area contributed by atoms with Gasteiger partial charge in [-0.05, 0) is 20.3 Å². The van der Waals surface area contributed by atoms with E-state index < -0.39 is 5.54 Å². The Morgan fingerprint density at radius 1 is 1.35 bits per heavy atom. The summed E-state index contributed by atoms with van der Waals surface area (Å²) in [6.45, 7) is 6.34. The summed E-state index contributed by atoms with van der Waals surface area (Å²) >= 11 is 0. The molecule has 0 aromatic rings. The normalized spacial score (nSPS) is 11.1. The van der Waals surface area contributed by atoms with Crippen LogP contribution in [-0.4, -0.2) is 49.6 Å². The van der Waals surface area contributed by atoms with Crippen molar-refractivity contribution in [3.05, 3.63) is 0 Å². The molecule has 17 heavy (non-hydrogen) atoms. The first kappa shape index (κ1) is 15.9. The van der Waals surface area contributed by atoms with Crippen molar-refractivity contribution in [2.45, 2.75) is 39.2 Å². The molecule has 0 spiro atoms. The highest BCUT2D eigenvalue weighted by Crippen LogP contribution is 2.14. The van der Waals surface area contributed by atoms with Crippen LogP contribution in [-0.2, 0) is 14.3 Å². The standard InChI is InChI=1S/C12H24N2O3/c1-6-7-10(15)14(4)12(2,3)11(16)13-8-9-17-5/h6-9H2,1-5H3,(H,13,16). The van der Waals surface area contributed by atoms with Gasteiger partial charge in [-0.3, -0.25) is 9.59 Å². The van der Waals surface area contributed by atoms with E-state index in [1.54, 1.807) is 28.0 Å². The van der Waals surface area contributed by atoms with E-state index in [1.165, 1.54) is 4.90 Å². The number of rotatable bonds is 7. The molecule has 0 atom stereocenters. The smallest absolute Gasteiger partial charge is 0.245 e. The van der Waals surface area contributed by atoms with E-state index >= 15 is 0 Å². The molecule has 0 saturated carbocycles. The van der Waals surface area contributed by atoms with Crippen LogP contribution in [0.25, 0.3) is 0 Å². The van der Waals surface area contributed by atoms with Gasteiger partial charge < -0.3 is 15.0 Å². The number of ether oxygens (including phenoxy) is 1. The second kappa shape index (κ2) is 7.27. The molecule has 0 bridgehead atoms. The molecule has 0 aliphatic heterocycles. The van der Waals surface area contributed by atoms with Crippen LogP contribution in [0.4, 0.5) is 0 Å². The monoisotopic (exact) mass is 244 g/mol. The van der Waals surface area contributed by atoms with E-state index in [1.807, 2.05) is 6.92 Å². The highest BCUT2D eigenvalue weighted by molar-refractivity contribution is 5.90. The molecule has 2 amide bonds. The van der Waals surface area contributed by atoms with Gasteiger partial charge in [-0.2, -0.15) is 0 Å². The van der Waals surface area contributed by atoms with Crippen molar-refractivity contribution in [2.24, 2.45) is 0 Å². The number of carbonyl (C=O) groups excluding carboxylic acids is 2. The minimum atomic E-state index is -0.833. The second-order valence-corrected chi connectivity index (χ2v) is 4.51. The topological polar surface area (TPSA) is 58.6 Å². The van der Waals surface area contributed by atoms with Crippen LogP contribution in [0, 0.1) is 0 Å². The van der Waals surface area contributed by atoms with Gasteiger partial charge in [-0.15, -0.1) is 0 Å². The van der Waals surface area contributed by atoms with Crippen LogP contribution in [0.5, 0.6) is 0 Å². The molecule has 0 unspecified atom stereocenters. The van der Waals surface area contributed by atoms with Crippen molar-refractivity contribution >= 4 is 11.8 Å². The third-order valence-corrected chi connectivity index (χ3v) is 2.82. The summed E-state index contributed by atoms with van der Waals surface area (Å²) < 4.78 is 4.86. The summed E-state index contributed by atoms with van der Waals surface area (Å²) in [7, 11) is 3.24. The summed E-state index contributed by atoms with van der Waals surface area (Å²) in [4.78, 5) is 25.2. The lowest BCUT2D eigenvalue weighted by molar-refractivity contribution is -0.144. The molecule has 0 aliphatic rings. The summed E-state index contributed by atoms with van der Waals surface area (Å²) in [5, 5.41) is 2.74. The van der Waals surface area contributed by atoms with Gasteiger partial charge in [-0.25, -0.2) is 0 Å². The Hall–Kier alpha value is -1.10. The van der Waals surface area contributed by atoms with E-state index in [9.17, 15) is 9.59 Å². The maximum atomic E-state index is 11.9. The zero-order valence-corrected chi connectivity index (χ0v) is 11.5. The van der Waals surface area contributed by atoms with Gasteiger partial charge in [0.2, 0.25) is 11.8 Å². The summed E-state index contributed by atoms with van der Waals surface area (Å²) in [6, 6.07) is 0. The summed E-state index contributed by atoms with van der Waals surface area (Å²) in [5.41, 5.74) is -0.833. The lowest BCUT2D eigenvalue weighted by atomic mass is 10.0. The molecule has 0 aliphatic carbocycles. The van der Waals surface area contributed by atoms with Gasteiger partial charge in [-0.1, -0.05) is 6.92 Å². The number of amides is 2. The van der Waals surface area contributed by atoms with Crippen molar-refractivity contribution in [3.63, 3.8) is 0 Å². The van der Waals surface area contributed by atoms with Gasteiger partial charge >= 0.3 is 0 Å². The van der Waals surface area contributed by atoms with Crippen molar-refractivity contribution in [1.82, 2.24) is 10.2 Å². The first-order valence-electron chi connectivity index (χ1n) is 5.91. The maximum Gasteiger partial charge on any atom is 0.245 e. The van der Waals surface area contributed by atoms with Crippen molar-refractivity contribution in [3.8, 4) is 0 Å². The van der Waals surface area contributed by atoms with Gasteiger partial charge in [0.25, 0.3) is 0 Å².